The van der Waals surface area contributed by atoms with Crippen LogP contribution in [0.15, 0.2) is 22.7 Å². The normalized spacial score (nSPS) is 13.7. The molecule has 0 bridgehead atoms. The van der Waals surface area contributed by atoms with Crippen LogP contribution in [-0.4, -0.2) is 7.05 Å². The van der Waals surface area contributed by atoms with Gasteiger partial charge in [0.25, 0.3) is 0 Å². The van der Waals surface area contributed by atoms with E-state index in [9.17, 15) is 4.39 Å². The molecule has 0 aliphatic carbocycles. The lowest BCUT2D eigenvalue weighted by atomic mass is 9.88. The quantitative estimate of drug-likeness (QED) is 0.800. The molecule has 0 aliphatic rings. The molecule has 0 saturated heterocycles. The molecular formula is C15H23BrFN. The second-order valence-electron chi connectivity index (χ2n) is 5.96. The fourth-order valence-corrected chi connectivity index (χ4v) is 2.70. The van der Waals surface area contributed by atoms with Gasteiger partial charge in [-0.05, 0) is 43.0 Å². The van der Waals surface area contributed by atoms with Gasteiger partial charge in [0.15, 0.2) is 0 Å². The number of hydrogen-bond acceptors (Lipinski definition) is 1. The molecule has 102 valence electrons. The summed E-state index contributed by atoms with van der Waals surface area (Å²) in [5.74, 6) is -0.199. The lowest BCUT2D eigenvalue weighted by Crippen LogP contribution is -2.17. The van der Waals surface area contributed by atoms with Gasteiger partial charge < -0.3 is 5.32 Å². The first-order valence-corrected chi connectivity index (χ1v) is 7.25. The highest BCUT2D eigenvalue weighted by molar-refractivity contribution is 9.10. The van der Waals surface area contributed by atoms with Crippen molar-refractivity contribution in [2.45, 2.75) is 46.1 Å². The van der Waals surface area contributed by atoms with Crippen LogP contribution in [0.25, 0.3) is 0 Å². The van der Waals surface area contributed by atoms with Crippen molar-refractivity contribution in [1.29, 1.82) is 0 Å². The average molecular weight is 316 g/mol. The maximum atomic E-state index is 13.1. The summed E-state index contributed by atoms with van der Waals surface area (Å²) < 4.78 is 13.9. The highest BCUT2D eigenvalue weighted by Crippen LogP contribution is 2.30. The first-order valence-electron chi connectivity index (χ1n) is 6.46. The van der Waals surface area contributed by atoms with Gasteiger partial charge in [-0.2, -0.15) is 0 Å². The fraction of sp³-hybridized carbons (Fsp3) is 0.600. The van der Waals surface area contributed by atoms with Crippen LogP contribution in [0.4, 0.5) is 4.39 Å². The minimum atomic E-state index is -0.199. The second-order valence-corrected chi connectivity index (χ2v) is 6.81. The first kappa shape index (κ1) is 15.6. The first-order chi connectivity index (χ1) is 8.33. The zero-order chi connectivity index (χ0) is 13.8. The van der Waals surface area contributed by atoms with E-state index in [1.807, 2.05) is 13.1 Å². The monoisotopic (exact) mass is 315 g/mol. The van der Waals surface area contributed by atoms with Crippen molar-refractivity contribution in [3.05, 3.63) is 34.1 Å². The Labute approximate surface area is 118 Å². The summed E-state index contributed by atoms with van der Waals surface area (Å²) in [5, 5.41) is 3.31. The third-order valence-electron chi connectivity index (χ3n) is 3.11. The molecule has 0 spiro atoms. The Morgan fingerprint density at radius 3 is 2.50 bits per heavy atom. The molecule has 0 saturated carbocycles. The van der Waals surface area contributed by atoms with Crippen molar-refractivity contribution in [3.63, 3.8) is 0 Å². The number of benzene rings is 1. The van der Waals surface area contributed by atoms with Crippen LogP contribution >= 0.6 is 15.9 Å². The van der Waals surface area contributed by atoms with Crippen molar-refractivity contribution < 1.29 is 4.39 Å². The lowest BCUT2D eigenvalue weighted by molar-refractivity contribution is 0.347. The predicted molar refractivity (Wildman–Crippen MR) is 79.2 cm³/mol. The number of halogens is 2. The van der Waals surface area contributed by atoms with Crippen LogP contribution in [0.5, 0.6) is 0 Å². The van der Waals surface area contributed by atoms with Crippen LogP contribution in [0.1, 0.15) is 51.6 Å². The minimum Gasteiger partial charge on any atom is -0.313 e. The maximum Gasteiger partial charge on any atom is 0.124 e. The van der Waals surface area contributed by atoms with Crippen molar-refractivity contribution in [1.82, 2.24) is 5.32 Å². The molecule has 1 rings (SSSR count). The molecule has 0 amide bonds. The van der Waals surface area contributed by atoms with Crippen molar-refractivity contribution in [3.8, 4) is 0 Å². The molecule has 1 unspecified atom stereocenters. The van der Waals surface area contributed by atoms with Gasteiger partial charge in [0.2, 0.25) is 0 Å². The number of hydrogen-bond donors (Lipinski definition) is 1. The molecule has 1 aromatic carbocycles. The summed E-state index contributed by atoms with van der Waals surface area (Å²) in [6.07, 6.45) is 3.43. The Balaban J connectivity index is 2.66. The molecule has 18 heavy (non-hydrogen) atoms. The summed E-state index contributed by atoms with van der Waals surface area (Å²) in [7, 11) is 1.96. The smallest absolute Gasteiger partial charge is 0.124 e. The number of nitrogens with one attached hydrogen (secondary N) is 1. The molecule has 1 nitrogen and oxygen atoms in total. The van der Waals surface area contributed by atoms with Crippen molar-refractivity contribution in [2.24, 2.45) is 5.41 Å². The summed E-state index contributed by atoms with van der Waals surface area (Å²) in [4.78, 5) is 0. The van der Waals surface area contributed by atoms with E-state index in [0.717, 1.165) is 16.5 Å². The topological polar surface area (TPSA) is 12.0 Å². The minimum absolute atomic E-state index is 0.199. The third-order valence-corrected chi connectivity index (χ3v) is 3.79. The molecule has 1 atom stereocenters. The molecule has 0 fully saturated rings. The summed E-state index contributed by atoms with van der Waals surface area (Å²) in [6.45, 7) is 6.78. The number of rotatable bonds is 5. The molecule has 0 aromatic heterocycles. The summed E-state index contributed by atoms with van der Waals surface area (Å²) in [6, 6.07) is 5.19. The fourth-order valence-electron chi connectivity index (χ4n) is 2.08. The van der Waals surface area contributed by atoms with Gasteiger partial charge in [-0.3, -0.25) is 0 Å². The van der Waals surface area contributed by atoms with Gasteiger partial charge in [0.1, 0.15) is 5.82 Å². The second kappa shape index (κ2) is 6.67. The maximum absolute atomic E-state index is 13.1. The Morgan fingerprint density at radius 2 is 2.00 bits per heavy atom. The largest absolute Gasteiger partial charge is 0.313 e. The molecule has 1 N–H and O–H groups in total. The van der Waals surface area contributed by atoms with E-state index < -0.39 is 0 Å². The third kappa shape index (κ3) is 5.07. The van der Waals surface area contributed by atoms with E-state index in [4.69, 9.17) is 0 Å². The summed E-state index contributed by atoms with van der Waals surface area (Å²) >= 11 is 3.44. The SMILES string of the molecule is CNC(CCCC(C)(C)C)c1ccc(F)cc1Br. The van der Waals surface area contributed by atoms with Crippen LogP contribution < -0.4 is 5.32 Å². The van der Waals surface area contributed by atoms with Crippen molar-refractivity contribution >= 4 is 15.9 Å². The van der Waals surface area contributed by atoms with E-state index in [-0.39, 0.29) is 11.9 Å². The average Bonchev–Trinajstić information content (AvgIpc) is 2.24. The van der Waals surface area contributed by atoms with Gasteiger partial charge in [0.05, 0.1) is 0 Å². The Bertz CT molecular complexity index is 385. The molecule has 1 aromatic rings. The summed E-state index contributed by atoms with van der Waals surface area (Å²) in [5.41, 5.74) is 1.51. The van der Waals surface area contributed by atoms with E-state index in [1.54, 1.807) is 0 Å². The van der Waals surface area contributed by atoms with Gasteiger partial charge in [-0.25, -0.2) is 4.39 Å². The molecule has 0 heterocycles. The predicted octanol–water partition coefficient (Wildman–Crippen LogP) is 5.07. The molecule has 0 radical (unpaired) electrons. The van der Waals surface area contributed by atoms with Gasteiger partial charge in [0, 0.05) is 10.5 Å². The molecule has 0 aliphatic heterocycles. The highest BCUT2D eigenvalue weighted by atomic mass is 79.9. The van der Waals surface area contributed by atoms with Gasteiger partial charge in [-0.1, -0.05) is 49.2 Å². The zero-order valence-corrected chi connectivity index (χ0v) is 13.3. The van der Waals surface area contributed by atoms with E-state index in [2.05, 4.69) is 42.0 Å². The van der Waals surface area contributed by atoms with E-state index >= 15 is 0 Å². The Kier molecular flexibility index (Phi) is 5.80. The van der Waals surface area contributed by atoms with E-state index in [1.165, 1.54) is 25.0 Å². The van der Waals surface area contributed by atoms with Crippen LogP contribution in [0.2, 0.25) is 0 Å². The van der Waals surface area contributed by atoms with Crippen LogP contribution in [0, 0.1) is 11.2 Å². The molecule has 3 heteroatoms. The standard InChI is InChI=1S/C15H23BrFN/c1-15(2,3)9-5-6-14(18-4)12-8-7-11(17)10-13(12)16/h7-8,10,14,18H,5-6,9H2,1-4H3. The zero-order valence-electron chi connectivity index (χ0n) is 11.7. The Morgan fingerprint density at radius 1 is 1.33 bits per heavy atom. The van der Waals surface area contributed by atoms with E-state index in [0.29, 0.717) is 5.41 Å². The van der Waals surface area contributed by atoms with Gasteiger partial charge >= 0.3 is 0 Å². The van der Waals surface area contributed by atoms with Crippen molar-refractivity contribution in [2.75, 3.05) is 7.05 Å². The van der Waals surface area contributed by atoms with Crippen LogP contribution in [0.3, 0.4) is 0 Å². The highest BCUT2D eigenvalue weighted by Gasteiger charge is 2.15. The lowest BCUT2D eigenvalue weighted by Gasteiger charge is -2.22. The molecular weight excluding hydrogens is 293 g/mol. The Hall–Kier alpha value is -0.410. The van der Waals surface area contributed by atoms with Crippen LogP contribution in [-0.2, 0) is 0 Å². The van der Waals surface area contributed by atoms with Gasteiger partial charge in [-0.15, -0.1) is 0 Å².